The van der Waals surface area contributed by atoms with Crippen molar-refractivity contribution in [1.29, 1.82) is 5.41 Å². The molecule has 1 aliphatic rings. The molecule has 1 aliphatic heterocycles. The third-order valence-electron chi connectivity index (χ3n) is 6.65. The van der Waals surface area contributed by atoms with Gasteiger partial charge in [-0.15, -0.1) is 0 Å². The molecular formula is C28H30F3N7O2. The van der Waals surface area contributed by atoms with Crippen molar-refractivity contribution in [2.75, 3.05) is 29.5 Å². The maximum atomic E-state index is 13.0. The van der Waals surface area contributed by atoms with Gasteiger partial charge >= 0.3 is 6.18 Å². The largest absolute Gasteiger partial charge is 0.416 e. The number of piperidine rings is 1. The Bertz CT molecular complexity index is 1410. The molecule has 1 atom stereocenters. The quantitative estimate of drug-likeness (QED) is 0.292. The summed E-state index contributed by atoms with van der Waals surface area (Å²) in [7, 11) is 0. The van der Waals surface area contributed by atoms with Crippen molar-refractivity contribution in [2.24, 2.45) is 11.8 Å². The highest BCUT2D eigenvalue weighted by molar-refractivity contribution is 6.07. The maximum Gasteiger partial charge on any atom is 0.416 e. The molecule has 40 heavy (non-hydrogen) atoms. The second kappa shape index (κ2) is 11.7. The number of likely N-dealkylation sites (tertiary alicyclic amines) is 1. The SMILES string of the molecule is CC(C)C(=O)N1CCC[C@@H](C(=N)c2ccnc(N)c2Nc2ccc(C(=O)Nc3cc(C(F)(F)F)ccn3)cc2)C1. The van der Waals surface area contributed by atoms with Gasteiger partial charge in [0.25, 0.3) is 5.91 Å². The molecule has 0 spiro atoms. The Balaban J connectivity index is 1.48. The van der Waals surface area contributed by atoms with Crippen LogP contribution in [0, 0.1) is 17.2 Å². The molecule has 9 nitrogen and oxygen atoms in total. The van der Waals surface area contributed by atoms with Crippen molar-refractivity contribution in [1.82, 2.24) is 14.9 Å². The summed E-state index contributed by atoms with van der Waals surface area (Å²) in [6.07, 6.45) is -0.478. The number of hydrogen-bond acceptors (Lipinski definition) is 7. The van der Waals surface area contributed by atoms with E-state index in [0.717, 1.165) is 31.2 Å². The van der Waals surface area contributed by atoms with Crippen LogP contribution in [0.4, 0.5) is 36.2 Å². The molecular weight excluding hydrogens is 523 g/mol. The maximum absolute atomic E-state index is 13.0. The van der Waals surface area contributed by atoms with Crippen molar-refractivity contribution in [3.05, 3.63) is 71.5 Å². The molecule has 210 valence electrons. The van der Waals surface area contributed by atoms with Gasteiger partial charge in [-0.1, -0.05) is 13.8 Å². The van der Waals surface area contributed by atoms with Crippen molar-refractivity contribution in [3.63, 3.8) is 0 Å². The lowest BCUT2D eigenvalue weighted by Gasteiger charge is -2.34. The summed E-state index contributed by atoms with van der Waals surface area (Å²) in [6, 6.07) is 9.51. The van der Waals surface area contributed by atoms with Gasteiger partial charge in [-0.25, -0.2) is 9.97 Å². The van der Waals surface area contributed by atoms with E-state index in [9.17, 15) is 22.8 Å². The van der Waals surface area contributed by atoms with E-state index in [2.05, 4.69) is 20.6 Å². The Labute approximate surface area is 229 Å². The summed E-state index contributed by atoms with van der Waals surface area (Å²) in [6.45, 7) is 4.86. The molecule has 3 heterocycles. The number of hydrogen-bond donors (Lipinski definition) is 4. The third-order valence-corrected chi connectivity index (χ3v) is 6.65. The van der Waals surface area contributed by atoms with Crippen LogP contribution in [0.2, 0.25) is 0 Å². The standard InChI is InChI=1S/C28H30F3N7O2/c1-16(2)27(40)38-13-3-4-18(15-38)23(32)21-10-12-35-25(33)24(21)36-20-7-5-17(6-8-20)26(39)37-22-14-19(9-11-34-22)28(29,30)31/h5-12,14,16,18,32,36H,3-4,13,15H2,1-2H3,(H2,33,35)(H,34,37,39)/t18-/m1/s1. The fourth-order valence-electron chi connectivity index (χ4n) is 4.54. The lowest BCUT2D eigenvalue weighted by atomic mass is 9.88. The van der Waals surface area contributed by atoms with Crippen LogP contribution in [0.3, 0.4) is 0 Å². The first-order chi connectivity index (χ1) is 18.9. The highest BCUT2D eigenvalue weighted by atomic mass is 19.4. The van der Waals surface area contributed by atoms with Gasteiger partial charge in [0.1, 0.15) is 11.6 Å². The molecule has 1 saturated heterocycles. The number of anilines is 4. The number of nitrogens with two attached hydrogens (primary N) is 1. The summed E-state index contributed by atoms with van der Waals surface area (Å²) in [5.41, 5.74) is 7.37. The normalized spacial score (nSPS) is 15.6. The van der Waals surface area contributed by atoms with Crippen LogP contribution in [-0.4, -0.2) is 45.5 Å². The van der Waals surface area contributed by atoms with Crippen molar-refractivity contribution in [3.8, 4) is 0 Å². The number of amides is 2. The number of rotatable bonds is 7. The number of carbonyl (C=O) groups excluding carboxylic acids is 2. The number of nitrogens with one attached hydrogen (secondary N) is 3. The number of alkyl halides is 3. The number of halogens is 3. The zero-order chi connectivity index (χ0) is 29.0. The van der Waals surface area contributed by atoms with Gasteiger partial charge in [0.15, 0.2) is 0 Å². The number of nitrogen functional groups attached to an aromatic ring is 1. The zero-order valence-electron chi connectivity index (χ0n) is 22.0. The molecule has 3 aromatic rings. The summed E-state index contributed by atoms with van der Waals surface area (Å²) in [5.74, 6) is -0.865. The van der Waals surface area contributed by atoms with E-state index in [0.29, 0.717) is 35.7 Å². The Morgan fingerprint density at radius 2 is 1.80 bits per heavy atom. The Kier molecular flexibility index (Phi) is 8.36. The van der Waals surface area contributed by atoms with Crippen molar-refractivity contribution < 1.29 is 22.8 Å². The average Bonchev–Trinajstić information content (AvgIpc) is 2.93. The van der Waals surface area contributed by atoms with E-state index in [-0.39, 0.29) is 34.9 Å². The van der Waals surface area contributed by atoms with Crippen LogP contribution in [0.1, 0.15) is 48.2 Å². The molecule has 0 bridgehead atoms. The van der Waals surface area contributed by atoms with Gasteiger partial charge in [0, 0.05) is 59.8 Å². The molecule has 5 N–H and O–H groups in total. The lowest BCUT2D eigenvalue weighted by molar-refractivity contribution is -0.137. The van der Waals surface area contributed by atoms with Crippen LogP contribution < -0.4 is 16.4 Å². The summed E-state index contributed by atoms with van der Waals surface area (Å²) in [5, 5.41) is 14.5. The minimum atomic E-state index is -4.55. The fourth-order valence-corrected chi connectivity index (χ4v) is 4.54. The molecule has 1 aromatic carbocycles. The number of aromatic nitrogens is 2. The van der Waals surface area contributed by atoms with E-state index >= 15 is 0 Å². The van der Waals surface area contributed by atoms with Crippen LogP contribution in [0.15, 0.2) is 54.9 Å². The van der Waals surface area contributed by atoms with Gasteiger partial charge in [-0.05, 0) is 55.3 Å². The van der Waals surface area contributed by atoms with E-state index in [1.54, 1.807) is 18.2 Å². The first-order valence-corrected chi connectivity index (χ1v) is 12.8. The predicted octanol–water partition coefficient (Wildman–Crippen LogP) is 5.34. The van der Waals surface area contributed by atoms with E-state index < -0.39 is 17.6 Å². The minimum Gasteiger partial charge on any atom is -0.382 e. The van der Waals surface area contributed by atoms with Gasteiger partial charge in [0.05, 0.1) is 11.3 Å². The molecule has 1 fully saturated rings. The summed E-state index contributed by atoms with van der Waals surface area (Å²) < 4.78 is 38.9. The number of carbonyl (C=O) groups is 2. The van der Waals surface area contributed by atoms with Crippen molar-refractivity contribution in [2.45, 2.75) is 32.9 Å². The fraction of sp³-hybridized carbons (Fsp3) is 0.321. The second-order valence-corrected chi connectivity index (χ2v) is 9.89. The summed E-state index contributed by atoms with van der Waals surface area (Å²) >= 11 is 0. The first kappa shape index (κ1) is 28.5. The molecule has 12 heteroatoms. The smallest absolute Gasteiger partial charge is 0.382 e. The highest BCUT2D eigenvalue weighted by Crippen LogP contribution is 2.32. The Morgan fingerprint density at radius 3 is 2.48 bits per heavy atom. The van der Waals surface area contributed by atoms with Crippen LogP contribution in [0.5, 0.6) is 0 Å². The second-order valence-electron chi connectivity index (χ2n) is 9.89. The number of pyridine rings is 2. The van der Waals surface area contributed by atoms with E-state index in [4.69, 9.17) is 11.1 Å². The Hall–Kier alpha value is -4.48. The van der Waals surface area contributed by atoms with Crippen LogP contribution in [0.25, 0.3) is 0 Å². The lowest BCUT2D eigenvalue weighted by Crippen LogP contribution is -2.44. The van der Waals surface area contributed by atoms with E-state index in [1.165, 1.54) is 18.3 Å². The van der Waals surface area contributed by atoms with Crippen LogP contribution in [-0.2, 0) is 11.0 Å². The van der Waals surface area contributed by atoms with Crippen molar-refractivity contribution >= 4 is 40.5 Å². The zero-order valence-corrected chi connectivity index (χ0v) is 22.0. The van der Waals surface area contributed by atoms with Gasteiger partial charge in [-0.2, -0.15) is 13.2 Å². The molecule has 0 aliphatic carbocycles. The molecule has 0 saturated carbocycles. The minimum absolute atomic E-state index is 0.0676. The van der Waals surface area contributed by atoms with Gasteiger partial charge in [-0.3, -0.25) is 9.59 Å². The molecule has 0 radical (unpaired) electrons. The molecule has 2 amide bonds. The first-order valence-electron chi connectivity index (χ1n) is 12.8. The molecule has 4 rings (SSSR count). The predicted molar refractivity (Wildman–Crippen MR) is 147 cm³/mol. The molecule has 0 unspecified atom stereocenters. The number of nitrogens with zero attached hydrogens (tertiary/aromatic N) is 3. The average molecular weight is 554 g/mol. The van der Waals surface area contributed by atoms with E-state index in [1.807, 2.05) is 18.7 Å². The Morgan fingerprint density at radius 1 is 1.10 bits per heavy atom. The number of benzene rings is 1. The molecule has 2 aromatic heterocycles. The summed E-state index contributed by atoms with van der Waals surface area (Å²) in [4.78, 5) is 34.9. The van der Waals surface area contributed by atoms with Crippen LogP contribution >= 0.6 is 0 Å². The highest BCUT2D eigenvalue weighted by Gasteiger charge is 2.31. The monoisotopic (exact) mass is 553 g/mol. The van der Waals surface area contributed by atoms with Gasteiger partial charge < -0.3 is 26.7 Å². The van der Waals surface area contributed by atoms with Gasteiger partial charge in [0.2, 0.25) is 5.91 Å². The third kappa shape index (κ3) is 6.56. The topological polar surface area (TPSA) is 137 Å².